The Hall–Kier alpha value is -1.26. The Labute approximate surface area is 122 Å². The summed E-state index contributed by atoms with van der Waals surface area (Å²) < 4.78 is 10.5. The number of alkyl halides is 1. The maximum absolute atomic E-state index is 5.69. The first-order valence-electron chi connectivity index (χ1n) is 6.01. The van der Waals surface area contributed by atoms with Crippen molar-refractivity contribution in [3.63, 3.8) is 0 Å². The van der Waals surface area contributed by atoms with Crippen molar-refractivity contribution in [1.29, 1.82) is 0 Å². The molecule has 0 bridgehead atoms. The second kappa shape index (κ2) is 6.78. The Bertz CT molecular complexity index is 542. The predicted molar refractivity (Wildman–Crippen MR) is 79.7 cm³/mol. The van der Waals surface area contributed by atoms with Crippen molar-refractivity contribution >= 4 is 22.9 Å². The van der Waals surface area contributed by atoms with Crippen LogP contribution in [-0.4, -0.2) is 25.1 Å². The van der Waals surface area contributed by atoms with E-state index in [1.165, 1.54) is 0 Å². The molecule has 1 aromatic heterocycles. The van der Waals surface area contributed by atoms with E-state index in [0.717, 1.165) is 40.6 Å². The van der Waals surface area contributed by atoms with Gasteiger partial charge in [0.1, 0.15) is 5.01 Å². The zero-order chi connectivity index (χ0) is 13.7. The van der Waals surface area contributed by atoms with Crippen LogP contribution < -0.4 is 9.47 Å². The van der Waals surface area contributed by atoms with Gasteiger partial charge in [-0.25, -0.2) is 4.98 Å². The number of nitrogens with zero attached hydrogens (tertiary/aromatic N) is 1. The van der Waals surface area contributed by atoms with Crippen LogP contribution in [0.1, 0.15) is 12.1 Å². The van der Waals surface area contributed by atoms with Crippen molar-refractivity contribution in [2.45, 2.75) is 12.8 Å². The van der Waals surface area contributed by atoms with Crippen molar-refractivity contribution < 1.29 is 9.47 Å². The summed E-state index contributed by atoms with van der Waals surface area (Å²) in [5.41, 5.74) is 2.13. The lowest BCUT2D eigenvalue weighted by Gasteiger charge is -2.08. The third-order valence-corrected chi connectivity index (χ3v) is 3.96. The van der Waals surface area contributed by atoms with Crippen LogP contribution in [0.4, 0.5) is 0 Å². The number of aryl methyl sites for hydroxylation is 1. The lowest BCUT2D eigenvalue weighted by atomic mass is 10.2. The van der Waals surface area contributed by atoms with Gasteiger partial charge in [-0.15, -0.1) is 22.9 Å². The van der Waals surface area contributed by atoms with E-state index >= 15 is 0 Å². The van der Waals surface area contributed by atoms with Crippen LogP contribution in [0.15, 0.2) is 23.6 Å². The van der Waals surface area contributed by atoms with Crippen molar-refractivity contribution in [3.8, 4) is 22.1 Å². The van der Waals surface area contributed by atoms with Gasteiger partial charge in [-0.2, -0.15) is 0 Å². The number of ether oxygens (including phenoxy) is 2. The minimum absolute atomic E-state index is 0.670. The Balaban J connectivity index is 2.23. The molecular weight excluding hydrogens is 282 g/mol. The van der Waals surface area contributed by atoms with E-state index < -0.39 is 0 Å². The van der Waals surface area contributed by atoms with Crippen LogP contribution in [-0.2, 0) is 6.42 Å². The molecule has 0 atom stereocenters. The first kappa shape index (κ1) is 14.2. The van der Waals surface area contributed by atoms with Crippen LogP contribution in [0.5, 0.6) is 11.5 Å². The van der Waals surface area contributed by atoms with Gasteiger partial charge in [0.2, 0.25) is 0 Å². The zero-order valence-corrected chi connectivity index (χ0v) is 12.6. The fraction of sp³-hybridized carbons (Fsp3) is 0.357. The van der Waals surface area contributed by atoms with Gasteiger partial charge in [-0.05, 0) is 31.0 Å². The SMILES string of the molecule is COc1ccc(-c2nc(CCCCl)cs2)cc1OC. The maximum Gasteiger partial charge on any atom is 0.161 e. The summed E-state index contributed by atoms with van der Waals surface area (Å²) in [5.74, 6) is 2.12. The summed E-state index contributed by atoms with van der Waals surface area (Å²) in [7, 11) is 3.26. The molecule has 0 radical (unpaired) electrons. The topological polar surface area (TPSA) is 31.4 Å². The smallest absolute Gasteiger partial charge is 0.161 e. The summed E-state index contributed by atoms with van der Waals surface area (Å²) in [6, 6.07) is 5.84. The number of hydrogen-bond donors (Lipinski definition) is 0. The van der Waals surface area contributed by atoms with Crippen LogP contribution in [0.2, 0.25) is 0 Å². The molecule has 0 unspecified atom stereocenters. The molecule has 19 heavy (non-hydrogen) atoms. The van der Waals surface area contributed by atoms with Gasteiger partial charge in [-0.1, -0.05) is 0 Å². The van der Waals surface area contributed by atoms with Gasteiger partial charge in [-0.3, -0.25) is 0 Å². The lowest BCUT2D eigenvalue weighted by Crippen LogP contribution is -1.91. The normalized spacial score (nSPS) is 10.5. The summed E-state index contributed by atoms with van der Waals surface area (Å²) in [6.07, 6.45) is 1.88. The minimum atomic E-state index is 0.670. The van der Waals surface area contributed by atoms with Gasteiger partial charge in [0, 0.05) is 16.8 Å². The first-order valence-corrected chi connectivity index (χ1v) is 7.42. The third kappa shape index (κ3) is 3.39. The number of halogens is 1. The van der Waals surface area contributed by atoms with Gasteiger partial charge in [0.25, 0.3) is 0 Å². The van der Waals surface area contributed by atoms with Gasteiger partial charge in [0.15, 0.2) is 11.5 Å². The highest BCUT2D eigenvalue weighted by Gasteiger charge is 2.09. The lowest BCUT2D eigenvalue weighted by molar-refractivity contribution is 0.355. The van der Waals surface area contributed by atoms with Gasteiger partial charge in [0.05, 0.1) is 19.9 Å². The Kier molecular flexibility index (Phi) is 5.05. The summed E-state index contributed by atoms with van der Waals surface area (Å²) >= 11 is 7.33. The fourth-order valence-electron chi connectivity index (χ4n) is 1.77. The average Bonchev–Trinajstić information content (AvgIpc) is 2.93. The van der Waals surface area contributed by atoms with Crippen LogP contribution in [0.3, 0.4) is 0 Å². The standard InChI is InChI=1S/C14H16ClNO2S/c1-17-12-6-5-10(8-13(12)18-2)14-16-11(9-19-14)4-3-7-15/h5-6,8-9H,3-4,7H2,1-2H3. The molecule has 0 aliphatic heterocycles. The third-order valence-electron chi connectivity index (χ3n) is 2.75. The quantitative estimate of drug-likeness (QED) is 0.755. The number of methoxy groups -OCH3 is 2. The van der Waals surface area contributed by atoms with Crippen molar-refractivity contribution in [2.75, 3.05) is 20.1 Å². The molecule has 0 fully saturated rings. The molecule has 5 heteroatoms. The minimum Gasteiger partial charge on any atom is -0.493 e. The molecule has 0 aliphatic carbocycles. The van der Waals surface area contributed by atoms with E-state index in [1.807, 2.05) is 18.2 Å². The Morgan fingerprint density at radius 2 is 2.00 bits per heavy atom. The molecular formula is C14H16ClNO2S. The monoisotopic (exact) mass is 297 g/mol. The number of thiazole rings is 1. The predicted octanol–water partition coefficient (Wildman–Crippen LogP) is 4.00. The molecule has 3 nitrogen and oxygen atoms in total. The highest BCUT2D eigenvalue weighted by atomic mass is 35.5. The molecule has 0 saturated carbocycles. The first-order chi connectivity index (χ1) is 9.28. The molecule has 0 spiro atoms. The molecule has 0 N–H and O–H groups in total. The molecule has 1 aromatic carbocycles. The van der Waals surface area contributed by atoms with E-state index in [4.69, 9.17) is 21.1 Å². The highest BCUT2D eigenvalue weighted by molar-refractivity contribution is 7.13. The molecule has 0 aliphatic rings. The van der Waals surface area contributed by atoms with Gasteiger partial charge >= 0.3 is 0 Å². The molecule has 2 rings (SSSR count). The van der Waals surface area contributed by atoms with Crippen molar-refractivity contribution in [3.05, 3.63) is 29.3 Å². The second-order valence-corrected chi connectivity index (χ2v) is 5.24. The van der Waals surface area contributed by atoms with E-state index in [9.17, 15) is 0 Å². The number of benzene rings is 1. The number of aromatic nitrogens is 1. The molecule has 2 aromatic rings. The largest absolute Gasteiger partial charge is 0.493 e. The van der Waals surface area contributed by atoms with E-state index in [-0.39, 0.29) is 0 Å². The van der Waals surface area contributed by atoms with Crippen LogP contribution >= 0.6 is 22.9 Å². The molecule has 0 saturated heterocycles. The van der Waals surface area contributed by atoms with E-state index in [1.54, 1.807) is 25.6 Å². The zero-order valence-electron chi connectivity index (χ0n) is 11.0. The number of rotatable bonds is 6. The van der Waals surface area contributed by atoms with Crippen LogP contribution in [0.25, 0.3) is 10.6 Å². The van der Waals surface area contributed by atoms with E-state index in [0.29, 0.717) is 5.88 Å². The number of hydrogen-bond acceptors (Lipinski definition) is 4. The molecule has 0 amide bonds. The molecule has 1 heterocycles. The summed E-state index contributed by atoms with van der Waals surface area (Å²) in [6.45, 7) is 0. The van der Waals surface area contributed by atoms with E-state index in [2.05, 4.69) is 10.4 Å². The second-order valence-electron chi connectivity index (χ2n) is 4.01. The maximum atomic E-state index is 5.69. The fourth-order valence-corrected chi connectivity index (χ4v) is 2.76. The average molecular weight is 298 g/mol. The Morgan fingerprint density at radius 1 is 1.21 bits per heavy atom. The summed E-state index contributed by atoms with van der Waals surface area (Å²) in [4.78, 5) is 4.61. The Morgan fingerprint density at radius 3 is 2.68 bits per heavy atom. The summed E-state index contributed by atoms with van der Waals surface area (Å²) in [5, 5.41) is 3.07. The van der Waals surface area contributed by atoms with Crippen LogP contribution in [0, 0.1) is 0 Å². The van der Waals surface area contributed by atoms with Gasteiger partial charge < -0.3 is 9.47 Å². The highest BCUT2D eigenvalue weighted by Crippen LogP contribution is 2.33. The van der Waals surface area contributed by atoms with Crippen molar-refractivity contribution in [2.24, 2.45) is 0 Å². The van der Waals surface area contributed by atoms with Crippen molar-refractivity contribution in [1.82, 2.24) is 4.98 Å². The molecule has 102 valence electrons.